The molecule has 0 spiro atoms. The third-order valence-electron chi connectivity index (χ3n) is 2.56. The molecule has 0 heterocycles. The van der Waals surface area contributed by atoms with Crippen molar-refractivity contribution < 1.29 is 4.79 Å². The summed E-state index contributed by atoms with van der Waals surface area (Å²) in [6.45, 7) is 3.14. The fourth-order valence-electron chi connectivity index (χ4n) is 1.37. The minimum Gasteiger partial charge on any atom is -0.329 e. The molecular weight excluding hydrogens is 202 g/mol. The molecule has 4 heteroatoms. The number of hydrogen-bond donors (Lipinski definition) is 2. The van der Waals surface area contributed by atoms with Crippen molar-refractivity contribution in [1.82, 2.24) is 4.90 Å². The average molecular weight is 221 g/mol. The van der Waals surface area contributed by atoms with E-state index in [9.17, 15) is 4.79 Å². The SMILES string of the molecule is CC(C(=O)Nc1ccccc1)N(C)CCN. The molecule has 0 aliphatic carbocycles. The number of likely N-dealkylation sites (N-methyl/N-ethyl adjacent to an activating group) is 1. The minimum atomic E-state index is -0.177. The summed E-state index contributed by atoms with van der Waals surface area (Å²) < 4.78 is 0. The number of carbonyl (C=O) groups is 1. The van der Waals surface area contributed by atoms with E-state index in [1.807, 2.05) is 49.2 Å². The second-order valence-electron chi connectivity index (χ2n) is 3.80. The highest BCUT2D eigenvalue weighted by molar-refractivity contribution is 5.94. The van der Waals surface area contributed by atoms with Gasteiger partial charge in [0, 0.05) is 18.8 Å². The fraction of sp³-hybridized carbons (Fsp3) is 0.417. The molecule has 0 radical (unpaired) electrons. The molecule has 1 unspecified atom stereocenters. The first-order valence-electron chi connectivity index (χ1n) is 5.41. The topological polar surface area (TPSA) is 58.4 Å². The zero-order chi connectivity index (χ0) is 12.0. The molecule has 88 valence electrons. The maximum atomic E-state index is 11.8. The summed E-state index contributed by atoms with van der Waals surface area (Å²) in [6, 6.07) is 9.26. The Hall–Kier alpha value is -1.39. The van der Waals surface area contributed by atoms with Gasteiger partial charge in [-0.25, -0.2) is 0 Å². The third-order valence-corrected chi connectivity index (χ3v) is 2.56. The zero-order valence-electron chi connectivity index (χ0n) is 9.81. The lowest BCUT2D eigenvalue weighted by atomic mass is 10.2. The molecule has 16 heavy (non-hydrogen) atoms. The molecule has 0 aromatic heterocycles. The summed E-state index contributed by atoms with van der Waals surface area (Å²) in [5.74, 6) is -0.0119. The lowest BCUT2D eigenvalue weighted by Crippen LogP contribution is -2.41. The van der Waals surface area contributed by atoms with Crippen LogP contribution >= 0.6 is 0 Å². The van der Waals surface area contributed by atoms with Crippen LogP contribution in [0.1, 0.15) is 6.92 Å². The lowest BCUT2D eigenvalue weighted by Gasteiger charge is -2.23. The van der Waals surface area contributed by atoms with E-state index in [4.69, 9.17) is 5.73 Å². The first-order valence-corrected chi connectivity index (χ1v) is 5.41. The first kappa shape index (κ1) is 12.7. The molecule has 1 aromatic carbocycles. The molecule has 0 aliphatic heterocycles. The smallest absolute Gasteiger partial charge is 0.241 e. The van der Waals surface area contributed by atoms with Gasteiger partial charge in [0.2, 0.25) is 5.91 Å². The molecule has 1 aromatic rings. The minimum absolute atomic E-state index is 0.0119. The van der Waals surface area contributed by atoms with E-state index >= 15 is 0 Å². The Kier molecular flexibility index (Phi) is 4.95. The maximum absolute atomic E-state index is 11.8. The molecule has 0 fully saturated rings. The van der Waals surface area contributed by atoms with Crippen LogP contribution in [-0.4, -0.2) is 37.0 Å². The Morgan fingerprint density at radius 2 is 2.06 bits per heavy atom. The number of rotatable bonds is 5. The monoisotopic (exact) mass is 221 g/mol. The summed E-state index contributed by atoms with van der Waals surface area (Å²) in [7, 11) is 1.89. The summed E-state index contributed by atoms with van der Waals surface area (Å²) in [5, 5.41) is 2.86. The number of hydrogen-bond acceptors (Lipinski definition) is 3. The van der Waals surface area contributed by atoms with Gasteiger partial charge in [-0.2, -0.15) is 0 Å². The highest BCUT2D eigenvalue weighted by atomic mass is 16.2. The van der Waals surface area contributed by atoms with Crippen LogP contribution in [0.25, 0.3) is 0 Å². The van der Waals surface area contributed by atoms with E-state index in [2.05, 4.69) is 5.32 Å². The van der Waals surface area contributed by atoms with Crippen LogP contribution in [0, 0.1) is 0 Å². The van der Waals surface area contributed by atoms with Crippen molar-refractivity contribution in [2.75, 3.05) is 25.5 Å². The van der Waals surface area contributed by atoms with Gasteiger partial charge in [-0.15, -0.1) is 0 Å². The van der Waals surface area contributed by atoms with E-state index in [0.717, 1.165) is 5.69 Å². The predicted molar refractivity (Wildman–Crippen MR) is 66.2 cm³/mol. The Balaban J connectivity index is 2.52. The van der Waals surface area contributed by atoms with E-state index in [-0.39, 0.29) is 11.9 Å². The van der Waals surface area contributed by atoms with Crippen molar-refractivity contribution >= 4 is 11.6 Å². The molecule has 0 saturated carbocycles. The number of carbonyl (C=O) groups excluding carboxylic acids is 1. The van der Waals surface area contributed by atoms with Gasteiger partial charge in [0.1, 0.15) is 0 Å². The van der Waals surface area contributed by atoms with E-state index in [1.165, 1.54) is 0 Å². The number of nitrogens with zero attached hydrogens (tertiary/aromatic N) is 1. The molecule has 0 aliphatic rings. The van der Waals surface area contributed by atoms with Crippen molar-refractivity contribution in [1.29, 1.82) is 0 Å². The van der Waals surface area contributed by atoms with Crippen LogP contribution in [-0.2, 0) is 4.79 Å². The largest absolute Gasteiger partial charge is 0.329 e. The number of anilines is 1. The highest BCUT2D eigenvalue weighted by Gasteiger charge is 2.16. The Morgan fingerprint density at radius 3 is 2.62 bits per heavy atom. The van der Waals surface area contributed by atoms with Crippen LogP contribution < -0.4 is 11.1 Å². The Morgan fingerprint density at radius 1 is 1.44 bits per heavy atom. The number of para-hydroxylation sites is 1. The van der Waals surface area contributed by atoms with Gasteiger partial charge in [0.25, 0.3) is 0 Å². The van der Waals surface area contributed by atoms with Crippen LogP contribution in [0.5, 0.6) is 0 Å². The van der Waals surface area contributed by atoms with E-state index in [0.29, 0.717) is 13.1 Å². The fourth-order valence-corrected chi connectivity index (χ4v) is 1.37. The first-order chi connectivity index (χ1) is 7.65. The van der Waals surface area contributed by atoms with Gasteiger partial charge < -0.3 is 11.1 Å². The van der Waals surface area contributed by atoms with Crippen LogP contribution in [0.4, 0.5) is 5.69 Å². The van der Waals surface area contributed by atoms with E-state index in [1.54, 1.807) is 0 Å². The number of nitrogens with two attached hydrogens (primary N) is 1. The van der Waals surface area contributed by atoms with E-state index < -0.39 is 0 Å². The molecule has 3 N–H and O–H groups in total. The van der Waals surface area contributed by atoms with Gasteiger partial charge in [-0.05, 0) is 26.1 Å². The molecule has 0 saturated heterocycles. The average Bonchev–Trinajstić information content (AvgIpc) is 2.29. The Bertz CT molecular complexity index is 326. The van der Waals surface area contributed by atoms with Crippen molar-refractivity contribution in [3.05, 3.63) is 30.3 Å². The molecule has 1 atom stereocenters. The van der Waals surface area contributed by atoms with Crippen LogP contribution in [0.15, 0.2) is 30.3 Å². The molecular formula is C12H19N3O. The van der Waals surface area contributed by atoms with Crippen molar-refractivity contribution in [2.45, 2.75) is 13.0 Å². The lowest BCUT2D eigenvalue weighted by molar-refractivity contribution is -0.120. The van der Waals surface area contributed by atoms with Gasteiger partial charge in [-0.1, -0.05) is 18.2 Å². The summed E-state index contributed by atoms with van der Waals surface area (Å²) >= 11 is 0. The summed E-state index contributed by atoms with van der Waals surface area (Å²) in [6.07, 6.45) is 0. The molecule has 0 bridgehead atoms. The maximum Gasteiger partial charge on any atom is 0.241 e. The van der Waals surface area contributed by atoms with Gasteiger partial charge in [0.15, 0.2) is 0 Å². The van der Waals surface area contributed by atoms with Gasteiger partial charge in [-0.3, -0.25) is 9.69 Å². The zero-order valence-corrected chi connectivity index (χ0v) is 9.81. The predicted octanol–water partition coefficient (Wildman–Crippen LogP) is 0.904. The normalized spacial score (nSPS) is 12.5. The van der Waals surface area contributed by atoms with Gasteiger partial charge >= 0.3 is 0 Å². The second-order valence-corrected chi connectivity index (χ2v) is 3.80. The molecule has 1 amide bonds. The standard InChI is InChI=1S/C12H19N3O/c1-10(15(2)9-8-13)12(16)14-11-6-4-3-5-7-11/h3-7,10H,8-9,13H2,1-2H3,(H,14,16). The van der Waals surface area contributed by atoms with Crippen molar-refractivity contribution in [3.8, 4) is 0 Å². The van der Waals surface area contributed by atoms with Crippen molar-refractivity contribution in [3.63, 3.8) is 0 Å². The number of amides is 1. The highest BCUT2D eigenvalue weighted by Crippen LogP contribution is 2.06. The Labute approximate surface area is 96.4 Å². The second kappa shape index (κ2) is 6.25. The molecule has 4 nitrogen and oxygen atoms in total. The van der Waals surface area contributed by atoms with Crippen LogP contribution in [0.2, 0.25) is 0 Å². The molecule has 1 rings (SSSR count). The van der Waals surface area contributed by atoms with Crippen molar-refractivity contribution in [2.24, 2.45) is 5.73 Å². The number of nitrogens with one attached hydrogen (secondary N) is 1. The van der Waals surface area contributed by atoms with Crippen LogP contribution in [0.3, 0.4) is 0 Å². The third kappa shape index (κ3) is 3.64. The summed E-state index contributed by atoms with van der Waals surface area (Å²) in [4.78, 5) is 13.8. The number of benzene rings is 1. The summed E-state index contributed by atoms with van der Waals surface area (Å²) in [5.41, 5.74) is 6.27. The quantitative estimate of drug-likeness (QED) is 0.777. The van der Waals surface area contributed by atoms with Gasteiger partial charge in [0.05, 0.1) is 6.04 Å².